The Balaban J connectivity index is 2.04. The fourth-order valence-corrected chi connectivity index (χ4v) is 3.15. The molecule has 1 aliphatic heterocycles. The van der Waals surface area contributed by atoms with Crippen molar-refractivity contribution in [3.05, 3.63) is 23.5 Å². The second-order valence-electron chi connectivity index (χ2n) is 6.34. The Hall–Kier alpha value is -1.43. The van der Waals surface area contributed by atoms with Gasteiger partial charge in [0.1, 0.15) is 5.69 Å². The first-order valence-corrected chi connectivity index (χ1v) is 7.74. The summed E-state index contributed by atoms with van der Waals surface area (Å²) in [5.41, 5.74) is 0.501. The van der Waals surface area contributed by atoms with Crippen molar-refractivity contribution >= 4 is 5.91 Å². The number of aromatic nitrogens is 1. The van der Waals surface area contributed by atoms with Gasteiger partial charge >= 0.3 is 6.55 Å². The van der Waals surface area contributed by atoms with E-state index in [4.69, 9.17) is 0 Å². The van der Waals surface area contributed by atoms with Gasteiger partial charge in [-0.3, -0.25) is 9.36 Å². The highest BCUT2D eigenvalue weighted by molar-refractivity contribution is 5.93. The average Bonchev–Trinajstić information content (AvgIpc) is 2.87. The van der Waals surface area contributed by atoms with Crippen molar-refractivity contribution in [3.8, 4) is 0 Å². The highest BCUT2D eigenvalue weighted by Gasteiger charge is 2.29. The maximum atomic E-state index is 13.1. The van der Waals surface area contributed by atoms with Gasteiger partial charge in [0.25, 0.3) is 5.91 Å². The van der Waals surface area contributed by atoms with Crippen LogP contribution in [0.1, 0.15) is 42.5 Å². The van der Waals surface area contributed by atoms with Gasteiger partial charge in [-0.2, -0.15) is 8.78 Å². The largest absolute Gasteiger partial charge is 0.337 e. The van der Waals surface area contributed by atoms with Crippen molar-refractivity contribution in [2.45, 2.75) is 39.3 Å². The van der Waals surface area contributed by atoms with Crippen LogP contribution >= 0.6 is 0 Å². The van der Waals surface area contributed by atoms with Gasteiger partial charge in [0.15, 0.2) is 0 Å². The quantitative estimate of drug-likeness (QED) is 0.855. The number of carbonyl (C=O) groups excluding carboxylic acids is 1. The SMILES string of the molecule is Cc1ccc(C(=O)N2CCC([C@H](C)N(C)C)CC2)n1C(F)F. The lowest BCUT2D eigenvalue weighted by molar-refractivity contribution is 0.0498. The van der Waals surface area contributed by atoms with Crippen molar-refractivity contribution in [3.63, 3.8) is 0 Å². The fraction of sp³-hybridized carbons (Fsp3) is 0.688. The van der Waals surface area contributed by atoms with Gasteiger partial charge in [-0.15, -0.1) is 0 Å². The van der Waals surface area contributed by atoms with Crippen LogP contribution in [0.3, 0.4) is 0 Å². The second-order valence-corrected chi connectivity index (χ2v) is 6.34. The summed E-state index contributed by atoms with van der Waals surface area (Å²) in [6.07, 6.45) is 1.83. The molecule has 124 valence electrons. The number of likely N-dealkylation sites (tertiary alicyclic amines) is 1. The zero-order chi connectivity index (χ0) is 16.4. The lowest BCUT2D eigenvalue weighted by Gasteiger charge is -2.37. The number of alkyl halides is 2. The zero-order valence-corrected chi connectivity index (χ0v) is 13.7. The number of hydrogen-bond donors (Lipinski definition) is 0. The number of aryl methyl sites for hydroxylation is 1. The molecule has 1 aliphatic rings. The van der Waals surface area contributed by atoms with E-state index in [1.807, 2.05) is 0 Å². The molecule has 0 N–H and O–H groups in total. The molecule has 1 fully saturated rings. The molecule has 0 aliphatic carbocycles. The molecule has 1 amide bonds. The van der Waals surface area contributed by atoms with Crippen LogP contribution in [0.15, 0.2) is 12.1 Å². The number of amides is 1. The van der Waals surface area contributed by atoms with Crippen LogP contribution < -0.4 is 0 Å². The molecule has 4 nitrogen and oxygen atoms in total. The lowest BCUT2D eigenvalue weighted by atomic mass is 9.89. The predicted octanol–water partition coefficient (Wildman–Crippen LogP) is 2.99. The first-order chi connectivity index (χ1) is 10.3. The molecule has 1 saturated heterocycles. The lowest BCUT2D eigenvalue weighted by Crippen LogP contribution is -2.44. The van der Waals surface area contributed by atoms with E-state index in [1.165, 1.54) is 6.07 Å². The highest BCUT2D eigenvalue weighted by atomic mass is 19.3. The van der Waals surface area contributed by atoms with Crippen molar-refractivity contribution < 1.29 is 13.6 Å². The molecule has 0 radical (unpaired) electrons. The minimum Gasteiger partial charge on any atom is -0.337 e. The van der Waals surface area contributed by atoms with Gasteiger partial charge in [-0.1, -0.05) is 0 Å². The van der Waals surface area contributed by atoms with Crippen LogP contribution in [0.25, 0.3) is 0 Å². The van der Waals surface area contributed by atoms with Gasteiger partial charge in [0, 0.05) is 24.8 Å². The molecule has 22 heavy (non-hydrogen) atoms. The highest BCUT2D eigenvalue weighted by Crippen LogP contribution is 2.25. The first-order valence-electron chi connectivity index (χ1n) is 7.74. The van der Waals surface area contributed by atoms with E-state index in [2.05, 4.69) is 25.9 Å². The molecular weight excluding hydrogens is 288 g/mol. The molecule has 0 saturated carbocycles. The monoisotopic (exact) mass is 313 g/mol. The van der Waals surface area contributed by atoms with Crippen molar-refractivity contribution in [2.24, 2.45) is 5.92 Å². The summed E-state index contributed by atoms with van der Waals surface area (Å²) in [6.45, 7) is 2.37. The average molecular weight is 313 g/mol. The Bertz CT molecular complexity index is 519. The van der Waals surface area contributed by atoms with Crippen LogP contribution in [0.2, 0.25) is 0 Å². The maximum absolute atomic E-state index is 13.1. The number of piperidine rings is 1. The number of halogens is 2. The molecule has 6 heteroatoms. The van der Waals surface area contributed by atoms with E-state index in [9.17, 15) is 13.6 Å². The van der Waals surface area contributed by atoms with Crippen molar-refractivity contribution in [1.29, 1.82) is 0 Å². The molecule has 0 bridgehead atoms. The summed E-state index contributed by atoms with van der Waals surface area (Å²) < 4.78 is 27.0. The standard InChI is InChI=1S/C16H25F2N3O/c1-11-5-6-14(21(11)16(17)18)15(22)20-9-7-13(8-10-20)12(2)19(3)4/h5-6,12-13,16H,7-10H2,1-4H3/t12-/m0/s1. The summed E-state index contributed by atoms with van der Waals surface area (Å²) in [7, 11) is 4.11. The third-order valence-corrected chi connectivity index (χ3v) is 4.86. The molecule has 1 atom stereocenters. The molecule has 2 heterocycles. The van der Waals surface area contributed by atoms with Gasteiger partial charge < -0.3 is 9.80 Å². The minimum atomic E-state index is -2.68. The van der Waals surface area contributed by atoms with E-state index in [0.29, 0.717) is 30.7 Å². The Kier molecular flexibility index (Phi) is 5.21. The van der Waals surface area contributed by atoms with Gasteiger partial charge in [-0.05, 0) is 58.8 Å². The van der Waals surface area contributed by atoms with Gasteiger partial charge in [-0.25, -0.2) is 0 Å². The molecule has 0 spiro atoms. The molecule has 0 unspecified atom stereocenters. The van der Waals surface area contributed by atoms with E-state index < -0.39 is 6.55 Å². The number of carbonyl (C=O) groups is 1. The third kappa shape index (κ3) is 3.32. The van der Waals surface area contributed by atoms with Crippen LogP contribution in [0.5, 0.6) is 0 Å². The summed E-state index contributed by atoms with van der Waals surface area (Å²) in [6, 6.07) is 3.53. The van der Waals surface area contributed by atoms with Crippen LogP contribution in [0, 0.1) is 12.8 Å². The summed E-state index contributed by atoms with van der Waals surface area (Å²) in [4.78, 5) is 16.4. The number of hydrogen-bond acceptors (Lipinski definition) is 2. The normalized spacial score (nSPS) is 18.3. The van der Waals surface area contributed by atoms with E-state index in [-0.39, 0.29) is 11.6 Å². The Labute approximate surface area is 130 Å². The Morgan fingerprint density at radius 2 is 1.86 bits per heavy atom. The maximum Gasteiger partial charge on any atom is 0.319 e. The Morgan fingerprint density at radius 1 is 1.27 bits per heavy atom. The topological polar surface area (TPSA) is 28.5 Å². The molecule has 0 aromatic carbocycles. The van der Waals surface area contributed by atoms with E-state index in [0.717, 1.165) is 17.4 Å². The molecule has 2 rings (SSSR count). The van der Waals surface area contributed by atoms with Gasteiger partial charge in [0.05, 0.1) is 0 Å². The van der Waals surface area contributed by atoms with E-state index >= 15 is 0 Å². The second kappa shape index (κ2) is 6.77. The van der Waals surface area contributed by atoms with Crippen LogP contribution in [-0.2, 0) is 0 Å². The van der Waals surface area contributed by atoms with Crippen LogP contribution in [-0.4, -0.2) is 53.5 Å². The smallest absolute Gasteiger partial charge is 0.319 e. The summed E-state index contributed by atoms with van der Waals surface area (Å²) in [5, 5.41) is 0. The van der Waals surface area contributed by atoms with Crippen molar-refractivity contribution in [2.75, 3.05) is 27.2 Å². The fourth-order valence-electron chi connectivity index (χ4n) is 3.15. The molecule has 1 aromatic heterocycles. The third-order valence-electron chi connectivity index (χ3n) is 4.86. The van der Waals surface area contributed by atoms with E-state index in [1.54, 1.807) is 17.9 Å². The predicted molar refractivity (Wildman–Crippen MR) is 82.2 cm³/mol. The first kappa shape index (κ1) is 16.9. The number of nitrogens with zero attached hydrogens (tertiary/aromatic N) is 3. The molecular formula is C16H25F2N3O. The zero-order valence-electron chi connectivity index (χ0n) is 13.7. The minimum absolute atomic E-state index is 0.0895. The van der Waals surface area contributed by atoms with Crippen LogP contribution in [0.4, 0.5) is 8.78 Å². The summed E-state index contributed by atoms with van der Waals surface area (Å²) in [5.74, 6) is 0.257. The molecule has 1 aromatic rings. The summed E-state index contributed by atoms with van der Waals surface area (Å²) >= 11 is 0. The Morgan fingerprint density at radius 3 is 2.36 bits per heavy atom. The number of rotatable bonds is 4. The van der Waals surface area contributed by atoms with Gasteiger partial charge in [0.2, 0.25) is 0 Å². The van der Waals surface area contributed by atoms with Crippen molar-refractivity contribution in [1.82, 2.24) is 14.4 Å².